The van der Waals surface area contributed by atoms with Crippen LogP contribution in [0.4, 0.5) is 0 Å². The number of nitrogens with zero attached hydrogens (tertiary/aromatic N) is 2. The Labute approximate surface area is 305 Å². The van der Waals surface area contributed by atoms with Crippen molar-refractivity contribution >= 4 is 32.1 Å². The highest BCUT2D eigenvalue weighted by atomic mass is 31.1. The summed E-state index contributed by atoms with van der Waals surface area (Å²) >= 11 is 0. The number of aliphatic hydroxyl groups excluding tert-OH is 2. The van der Waals surface area contributed by atoms with Crippen molar-refractivity contribution in [3.05, 3.63) is 0 Å². The lowest BCUT2D eigenvalue weighted by Crippen LogP contribution is -2.60. The Morgan fingerprint density at radius 1 is 1.08 bits per heavy atom. The van der Waals surface area contributed by atoms with Crippen molar-refractivity contribution in [2.24, 2.45) is 46.4 Å². The van der Waals surface area contributed by atoms with E-state index in [1.165, 1.54) is 7.11 Å². The minimum atomic E-state index is -1.47. The molecule has 3 saturated heterocycles. The first-order valence-corrected chi connectivity index (χ1v) is 19.8. The molecule has 0 aromatic carbocycles. The van der Waals surface area contributed by atoms with Crippen LogP contribution < -0.4 is 5.73 Å². The number of esters is 2. The van der Waals surface area contributed by atoms with Crippen molar-refractivity contribution in [3.63, 3.8) is 0 Å². The Kier molecular flexibility index (Phi) is 14.9. The number of hydrogen-bond donors (Lipinski definition) is 3. The second kappa shape index (κ2) is 17.5. The molecule has 3 unspecified atom stereocenters. The van der Waals surface area contributed by atoms with Crippen LogP contribution in [0.25, 0.3) is 0 Å². The Morgan fingerprint density at radius 3 is 2.25 bits per heavy atom. The van der Waals surface area contributed by atoms with Crippen LogP contribution in [0.5, 0.6) is 0 Å². The summed E-state index contributed by atoms with van der Waals surface area (Å²) in [4.78, 5) is 49.6. The highest BCUT2D eigenvalue weighted by molar-refractivity contribution is 7.37. The smallest absolute Gasteiger partial charge is 0.317 e. The van der Waals surface area contributed by atoms with Crippen LogP contribution in [-0.4, -0.2) is 126 Å². The minimum absolute atomic E-state index is 0.127. The van der Waals surface area contributed by atoms with Crippen LogP contribution in [0, 0.1) is 35.5 Å². The third-order valence-electron chi connectivity index (χ3n) is 11.6. The summed E-state index contributed by atoms with van der Waals surface area (Å²) in [6.07, 6.45) is -4.68. The summed E-state index contributed by atoms with van der Waals surface area (Å²) in [6, 6.07) is -0.266. The van der Waals surface area contributed by atoms with E-state index in [1.807, 2.05) is 39.5 Å². The fraction of sp³-hybridized carbons (Fsp3) is 0.889. The predicted molar refractivity (Wildman–Crippen MR) is 193 cm³/mol. The van der Waals surface area contributed by atoms with Crippen LogP contribution in [0.3, 0.4) is 0 Å². The Morgan fingerprint density at radius 2 is 1.71 bits per heavy atom. The van der Waals surface area contributed by atoms with Crippen LogP contribution in [0.1, 0.15) is 81.6 Å². The van der Waals surface area contributed by atoms with E-state index in [0.29, 0.717) is 15.0 Å². The molecule has 15 heteroatoms. The Hall–Kier alpha value is -1.93. The molecule has 3 aliphatic rings. The van der Waals surface area contributed by atoms with E-state index in [2.05, 4.69) is 5.16 Å². The van der Waals surface area contributed by atoms with Crippen LogP contribution in [0.15, 0.2) is 5.16 Å². The van der Waals surface area contributed by atoms with Crippen molar-refractivity contribution in [1.82, 2.24) is 4.90 Å². The number of ether oxygens (including phenoxy) is 5. The first-order valence-electron chi connectivity index (χ1n) is 18.2. The van der Waals surface area contributed by atoms with Crippen molar-refractivity contribution in [2.75, 3.05) is 27.9 Å². The number of ketones is 1. The molecule has 0 aromatic heterocycles. The van der Waals surface area contributed by atoms with Crippen molar-refractivity contribution < 1.29 is 53.1 Å². The molecule has 17 atom stereocenters. The maximum Gasteiger partial charge on any atom is 0.317 e. The fourth-order valence-corrected chi connectivity index (χ4v) is 8.50. The second-order valence-electron chi connectivity index (χ2n) is 15.6. The van der Waals surface area contributed by atoms with Gasteiger partial charge in [-0.2, -0.15) is 0 Å². The molecule has 0 aliphatic carbocycles. The van der Waals surface area contributed by atoms with E-state index in [1.54, 1.807) is 48.5 Å². The molecular formula is C36H64N3O11P. The average molecular weight is 746 g/mol. The number of carbonyl (C=O) groups is 3. The molecule has 0 radical (unpaired) electrons. The van der Waals surface area contributed by atoms with Gasteiger partial charge in [0.25, 0.3) is 0 Å². The first kappa shape index (κ1) is 43.5. The van der Waals surface area contributed by atoms with Gasteiger partial charge in [-0.05, 0) is 74.6 Å². The molecule has 3 rings (SSSR count). The number of fused-ring (bicyclic) bond motifs is 1. The Balaban J connectivity index is 2.16. The molecule has 3 heterocycles. The molecule has 0 spiro atoms. The van der Waals surface area contributed by atoms with E-state index >= 15 is 0 Å². The van der Waals surface area contributed by atoms with E-state index < -0.39 is 89.4 Å². The van der Waals surface area contributed by atoms with Gasteiger partial charge in [0.1, 0.15) is 29.8 Å². The molecule has 4 N–H and O–H groups in total. The number of nitrogens with two attached hydrogens (primary N) is 1. The summed E-state index contributed by atoms with van der Waals surface area (Å²) in [5, 5.41) is 27.3. The molecular weight excluding hydrogens is 681 g/mol. The van der Waals surface area contributed by atoms with Gasteiger partial charge in [-0.25, -0.2) is 0 Å². The normalized spacial score (nSPS) is 44.2. The second-order valence-corrected chi connectivity index (χ2v) is 17.0. The minimum Gasteiger partial charge on any atom is -0.458 e. The van der Waals surface area contributed by atoms with E-state index in [4.69, 9.17) is 34.3 Å². The van der Waals surface area contributed by atoms with Gasteiger partial charge in [0.15, 0.2) is 17.7 Å². The number of Topliss-reactive ketones (excluding diaryl/α,β-unsaturated/α-hetero) is 1. The number of aliphatic hydroxyl groups is 2. The number of methoxy groups -OCH3 is 1. The third kappa shape index (κ3) is 9.07. The topological polar surface area (TPSA) is 189 Å². The molecule has 3 aliphatic heterocycles. The summed E-state index contributed by atoms with van der Waals surface area (Å²) < 4.78 is 31.0. The van der Waals surface area contributed by atoms with Gasteiger partial charge in [-0.1, -0.05) is 41.4 Å². The molecule has 0 saturated carbocycles. The monoisotopic (exact) mass is 745 g/mol. The largest absolute Gasteiger partial charge is 0.458 e. The number of amidine groups is 1. The quantitative estimate of drug-likeness (QED) is 0.103. The molecule has 3 fully saturated rings. The molecule has 294 valence electrons. The van der Waals surface area contributed by atoms with Gasteiger partial charge in [-0.15, -0.1) is 0 Å². The maximum atomic E-state index is 14.6. The van der Waals surface area contributed by atoms with Crippen LogP contribution >= 0.6 is 8.58 Å². The van der Waals surface area contributed by atoms with Crippen LogP contribution in [0.2, 0.25) is 0 Å². The molecule has 0 aromatic rings. The SMILES string of the molecule is CC[C@@H]1OC(=O)[C@H](C)[C@H](O)[C@H](C)[C@@H](OC2O[C@H](C)C[C@H](N(C)C)[C@H]2O)[C@](C)(OC)C[C@@H](C)C(=O)[C@H](C)[C@H]2[C@H](/C(N)=N/OC(C)PC)C(=O)O[C@]21C. The van der Waals surface area contributed by atoms with Gasteiger partial charge in [0, 0.05) is 36.8 Å². The van der Waals surface area contributed by atoms with Crippen molar-refractivity contribution in [1.29, 1.82) is 0 Å². The summed E-state index contributed by atoms with van der Waals surface area (Å²) in [7, 11) is 5.65. The van der Waals surface area contributed by atoms with Gasteiger partial charge < -0.3 is 49.4 Å². The van der Waals surface area contributed by atoms with Crippen molar-refractivity contribution in [2.45, 2.75) is 141 Å². The van der Waals surface area contributed by atoms with E-state index in [0.717, 1.165) is 0 Å². The number of hydrogen-bond acceptors (Lipinski definition) is 13. The van der Waals surface area contributed by atoms with Gasteiger partial charge in [0.2, 0.25) is 0 Å². The van der Waals surface area contributed by atoms with E-state index in [-0.39, 0.29) is 42.5 Å². The van der Waals surface area contributed by atoms with Gasteiger partial charge in [-0.3, -0.25) is 14.4 Å². The number of oxime groups is 1. The predicted octanol–water partition coefficient (Wildman–Crippen LogP) is 2.89. The van der Waals surface area contributed by atoms with E-state index in [9.17, 15) is 24.6 Å². The lowest BCUT2D eigenvalue weighted by molar-refractivity contribution is -0.301. The number of cyclic esters (lactones) is 1. The fourth-order valence-electron chi connectivity index (χ4n) is 8.35. The summed E-state index contributed by atoms with van der Waals surface area (Å²) in [5.41, 5.74) is 3.73. The zero-order valence-electron chi connectivity index (χ0n) is 32.7. The Bertz CT molecular complexity index is 1260. The lowest BCUT2D eigenvalue weighted by atomic mass is 9.67. The van der Waals surface area contributed by atoms with Crippen molar-refractivity contribution in [3.8, 4) is 0 Å². The standard InChI is InChI=1S/C36H64N3O11P/c1-14-24-36(9)26(25(33(44)49-36)31(37)38-50-22(7)51-13)19(4)27(40)17(2)16-35(8,45-12)30(20(5)28(41)21(6)32(43)47-24)48-34-29(42)23(39(10)11)15-18(3)46-34/h17-26,28-30,34,41-42,51H,14-16H2,1-13H3,(H2,37,38)/t17-,18-,19-,20+,21-,22?,23+,24+,25-,26+,28-,29-,30-,34?,35-,36+/m1/s1. The molecule has 14 nitrogen and oxygen atoms in total. The maximum absolute atomic E-state index is 14.6. The molecule has 51 heavy (non-hydrogen) atoms. The molecule has 0 amide bonds. The van der Waals surface area contributed by atoms with Gasteiger partial charge in [0.05, 0.1) is 29.8 Å². The van der Waals surface area contributed by atoms with Gasteiger partial charge >= 0.3 is 11.9 Å². The summed E-state index contributed by atoms with van der Waals surface area (Å²) in [6.45, 7) is 17.7. The molecule has 0 bridgehead atoms. The lowest BCUT2D eigenvalue weighted by Gasteiger charge is -2.48. The van der Waals surface area contributed by atoms with Crippen LogP contribution in [-0.2, 0) is 42.9 Å². The zero-order valence-corrected chi connectivity index (χ0v) is 33.7. The average Bonchev–Trinajstić information content (AvgIpc) is 3.36. The highest BCUT2D eigenvalue weighted by Crippen LogP contribution is 2.48. The third-order valence-corrected chi connectivity index (χ3v) is 12.5. The number of likely N-dealkylation sites (N-methyl/N-ethyl adjacent to an activating group) is 1. The first-order chi connectivity index (χ1) is 23.7. The summed E-state index contributed by atoms with van der Waals surface area (Å²) in [5.74, 6) is -7.36. The highest BCUT2D eigenvalue weighted by Gasteiger charge is 2.62. The number of rotatable bonds is 9. The zero-order chi connectivity index (χ0) is 38.7. The number of carbonyl (C=O) groups excluding carboxylic acids is 3.